The van der Waals surface area contributed by atoms with Crippen molar-refractivity contribution in [1.82, 2.24) is 4.31 Å². The van der Waals surface area contributed by atoms with Gasteiger partial charge in [0.15, 0.2) is 6.61 Å². The number of hydrogen-bond acceptors (Lipinski definition) is 5. The zero-order valence-electron chi connectivity index (χ0n) is 16.1. The smallest absolute Gasteiger partial charge is 0.262 e. The van der Waals surface area contributed by atoms with Gasteiger partial charge in [-0.05, 0) is 43.2 Å². The van der Waals surface area contributed by atoms with E-state index in [1.54, 1.807) is 25.1 Å². The number of ether oxygens (including phenoxy) is 1. The molecule has 29 heavy (non-hydrogen) atoms. The fourth-order valence-electron chi connectivity index (χ4n) is 2.87. The molecule has 3 rings (SSSR count). The van der Waals surface area contributed by atoms with E-state index >= 15 is 0 Å². The number of halogens is 1. The molecular weight excluding hydrogens is 418 g/mol. The number of nitrogens with one attached hydrogen (secondary N) is 2. The monoisotopic (exact) mass is 437 g/mol. The average Bonchev–Trinajstić information content (AvgIpc) is 2.63. The van der Waals surface area contributed by atoms with Crippen molar-refractivity contribution in [2.75, 3.05) is 30.8 Å². The number of anilines is 2. The highest BCUT2D eigenvalue weighted by atomic mass is 35.5. The molecule has 2 amide bonds. The van der Waals surface area contributed by atoms with Gasteiger partial charge >= 0.3 is 0 Å². The SMILES string of the molecule is Cc1ccc(Cl)cc1NC(=O)CN(C)S(=O)(=O)c1cc2c(cc1C)NC(=O)CO2. The van der Waals surface area contributed by atoms with Crippen molar-refractivity contribution < 1.29 is 22.7 Å². The zero-order chi connectivity index (χ0) is 21.3. The molecule has 10 heteroatoms. The summed E-state index contributed by atoms with van der Waals surface area (Å²) in [6.45, 7) is 2.84. The van der Waals surface area contributed by atoms with Crippen LogP contribution in [-0.4, -0.2) is 44.7 Å². The van der Waals surface area contributed by atoms with E-state index in [4.69, 9.17) is 16.3 Å². The molecule has 1 aliphatic rings. The second kappa shape index (κ2) is 8.02. The van der Waals surface area contributed by atoms with Crippen LogP contribution in [0.1, 0.15) is 11.1 Å². The van der Waals surface area contributed by atoms with Gasteiger partial charge in [0.05, 0.1) is 17.1 Å². The number of benzene rings is 2. The van der Waals surface area contributed by atoms with Gasteiger partial charge in [-0.25, -0.2) is 8.42 Å². The van der Waals surface area contributed by atoms with Crippen molar-refractivity contribution in [2.45, 2.75) is 18.7 Å². The van der Waals surface area contributed by atoms with Crippen LogP contribution in [0.3, 0.4) is 0 Å². The van der Waals surface area contributed by atoms with Crippen LogP contribution in [0.2, 0.25) is 5.02 Å². The molecule has 2 aromatic carbocycles. The average molecular weight is 438 g/mol. The van der Waals surface area contributed by atoms with Gasteiger partial charge in [-0.2, -0.15) is 4.31 Å². The van der Waals surface area contributed by atoms with E-state index in [1.165, 1.54) is 19.2 Å². The van der Waals surface area contributed by atoms with Gasteiger partial charge in [-0.1, -0.05) is 17.7 Å². The number of fused-ring (bicyclic) bond motifs is 1. The van der Waals surface area contributed by atoms with Crippen LogP contribution in [0.15, 0.2) is 35.2 Å². The summed E-state index contributed by atoms with van der Waals surface area (Å²) in [6.07, 6.45) is 0. The Morgan fingerprint density at radius 2 is 1.97 bits per heavy atom. The molecule has 1 heterocycles. The van der Waals surface area contributed by atoms with Crippen LogP contribution in [-0.2, 0) is 19.6 Å². The lowest BCUT2D eigenvalue weighted by atomic mass is 10.2. The number of hydrogen-bond donors (Lipinski definition) is 2. The van der Waals surface area contributed by atoms with Gasteiger partial charge in [0.2, 0.25) is 15.9 Å². The summed E-state index contributed by atoms with van der Waals surface area (Å²) in [5.41, 5.74) is 2.16. The van der Waals surface area contributed by atoms with Crippen LogP contribution < -0.4 is 15.4 Å². The lowest BCUT2D eigenvalue weighted by molar-refractivity contribution is -0.118. The maximum atomic E-state index is 13.0. The zero-order valence-corrected chi connectivity index (χ0v) is 17.6. The number of nitrogens with zero attached hydrogens (tertiary/aromatic N) is 1. The summed E-state index contributed by atoms with van der Waals surface area (Å²) in [5.74, 6) is -0.542. The van der Waals surface area contributed by atoms with Crippen molar-refractivity contribution in [1.29, 1.82) is 0 Å². The Labute approximate surface area is 173 Å². The third-order valence-electron chi connectivity index (χ3n) is 4.44. The van der Waals surface area contributed by atoms with Crippen LogP contribution in [0.5, 0.6) is 5.75 Å². The van der Waals surface area contributed by atoms with Crippen LogP contribution in [0.25, 0.3) is 0 Å². The number of rotatable bonds is 5. The van der Waals surface area contributed by atoms with Crippen molar-refractivity contribution in [3.63, 3.8) is 0 Å². The normalized spacial score (nSPS) is 13.5. The van der Waals surface area contributed by atoms with Gasteiger partial charge in [-0.3, -0.25) is 9.59 Å². The molecule has 0 saturated heterocycles. The van der Waals surface area contributed by atoms with Gasteiger partial charge in [-0.15, -0.1) is 0 Å². The molecule has 8 nitrogen and oxygen atoms in total. The maximum Gasteiger partial charge on any atom is 0.262 e. The number of likely N-dealkylation sites (N-methyl/N-ethyl adjacent to an activating group) is 1. The highest BCUT2D eigenvalue weighted by molar-refractivity contribution is 7.89. The van der Waals surface area contributed by atoms with Crippen LogP contribution in [0, 0.1) is 13.8 Å². The Morgan fingerprint density at radius 1 is 1.24 bits per heavy atom. The maximum absolute atomic E-state index is 13.0. The topological polar surface area (TPSA) is 105 Å². The highest BCUT2D eigenvalue weighted by Gasteiger charge is 2.28. The van der Waals surface area contributed by atoms with Gasteiger partial charge < -0.3 is 15.4 Å². The van der Waals surface area contributed by atoms with Gasteiger partial charge in [0.25, 0.3) is 5.91 Å². The van der Waals surface area contributed by atoms with Gasteiger partial charge in [0.1, 0.15) is 5.75 Å². The molecular formula is C19H20ClN3O5S. The first-order chi connectivity index (χ1) is 13.6. The molecule has 0 saturated carbocycles. The molecule has 0 unspecified atom stereocenters. The molecule has 0 bridgehead atoms. The van der Waals surface area contributed by atoms with Gasteiger partial charge in [0, 0.05) is 23.8 Å². The summed E-state index contributed by atoms with van der Waals surface area (Å²) in [6, 6.07) is 7.94. The molecule has 154 valence electrons. The standard InChI is InChI=1S/C19H20ClN3O5S/c1-11-4-5-13(20)7-14(11)21-18(24)9-23(3)29(26,27)17-8-16-15(6-12(17)2)22-19(25)10-28-16/h4-8H,9-10H2,1-3H3,(H,21,24)(H,22,25). The second-order valence-corrected chi connectivity index (χ2v) is 9.17. The minimum atomic E-state index is -3.97. The van der Waals surface area contributed by atoms with E-state index in [0.717, 1.165) is 9.87 Å². The summed E-state index contributed by atoms with van der Waals surface area (Å²) in [5, 5.41) is 5.77. The number of aryl methyl sites for hydroxylation is 2. The fourth-order valence-corrected chi connectivity index (χ4v) is 4.38. The Balaban J connectivity index is 1.79. The molecule has 0 aromatic heterocycles. The van der Waals surface area contributed by atoms with E-state index in [0.29, 0.717) is 22.0 Å². The van der Waals surface area contributed by atoms with Crippen molar-refractivity contribution in [2.24, 2.45) is 0 Å². The lowest BCUT2D eigenvalue weighted by Crippen LogP contribution is -2.35. The molecule has 1 aliphatic heterocycles. The summed E-state index contributed by atoms with van der Waals surface area (Å²) in [4.78, 5) is 23.8. The lowest BCUT2D eigenvalue weighted by Gasteiger charge is -2.22. The molecule has 0 radical (unpaired) electrons. The van der Waals surface area contributed by atoms with Crippen molar-refractivity contribution >= 4 is 44.8 Å². The summed E-state index contributed by atoms with van der Waals surface area (Å²) >= 11 is 5.95. The molecule has 0 aliphatic carbocycles. The van der Waals surface area contributed by atoms with Crippen LogP contribution in [0.4, 0.5) is 11.4 Å². The second-order valence-electron chi connectivity index (χ2n) is 6.72. The minimum Gasteiger partial charge on any atom is -0.482 e. The Bertz CT molecular complexity index is 1100. The number of amides is 2. The van der Waals surface area contributed by atoms with E-state index in [2.05, 4.69) is 10.6 Å². The minimum absolute atomic E-state index is 0.00151. The third kappa shape index (κ3) is 4.52. The predicted octanol–water partition coefficient (Wildman–Crippen LogP) is 2.55. The molecule has 0 atom stereocenters. The molecule has 0 spiro atoms. The van der Waals surface area contributed by atoms with Crippen LogP contribution >= 0.6 is 11.6 Å². The van der Waals surface area contributed by atoms with E-state index in [9.17, 15) is 18.0 Å². The third-order valence-corrected chi connectivity index (χ3v) is 6.62. The fraction of sp³-hybridized carbons (Fsp3) is 0.263. The first-order valence-corrected chi connectivity index (χ1v) is 10.5. The first-order valence-electron chi connectivity index (χ1n) is 8.67. The summed E-state index contributed by atoms with van der Waals surface area (Å²) in [7, 11) is -2.65. The summed E-state index contributed by atoms with van der Waals surface area (Å²) < 4.78 is 32.2. The quantitative estimate of drug-likeness (QED) is 0.747. The largest absolute Gasteiger partial charge is 0.482 e. The Hall–Kier alpha value is -2.62. The molecule has 0 fully saturated rings. The van der Waals surface area contributed by atoms with Crippen molar-refractivity contribution in [3.8, 4) is 5.75 Å². The molecule has 2 aromatic rings. The first kappa shape index (κ1) is 21.1. The van der Waals surface area contributed by atoms with E-state index in [1.807, 2.05) is 6.92 Å². The van der Waals surface area contributed by atoms with Crippen molar-refractivity contribution in [3.05, 3.63) is 46.5 Å². The van der Waals surface area contributed by atoms with E-state index < -0.39 is 15.9 Å². The Morgan fingerprint density at radius 3 is 2.69 bits per heavy atom. The van der Waals surface area contributed by atoms with E-state index in [-0.39, 0.29) is 29.7 Å². The number of sulfonamides is 1. The molecule has 2 N–H and O–H groups in total. The number of carbonyl (C=O) groups excluding carboxylic acids is 2. The Kier molecular flexibility index (Phi) is 5.83. The predicted molar refractivity (Wildman–Crippen MR) is 110 cm³/mol. The number of carbonyl (C=O) groups is 2. The highest BCUT2D eigenvalue weighted by Crippen LogP contribution is 2.33.